The van der Waals surface area contributed by atoms with Gasteiger partial charge in [-0.25, -0.2) is 9.97 Å². The van der Waals surface area contributed by atoms with Crippen molar-refractivity contribution in [2.75, 3.05) is 32.1 Å². The van der Waals surface area contributed by atoms with Gasteiger partial charge in [-0.2, -0.15) is 0 Å². The summed E-state index contributed by atoms with van der Waals surface area (Å²) in [6.07, 6.45) is 6.05. The van der Waals surface area contributed by atoms with Gasteiger partial charge < -0.3 is 10.1 Å². The molecular formula is C17H21BrN4O. The Bertz CT molecular complexity index is 611. The summed E-state index contributed by atoms with van der Waals surface area (Å²) in [5.74, 6) is 1.55. The first-order valence-corrected chi connectivity index (χ1v) is 8.65. The van der Waals surface area contributed by atoms with Crippen molar-refractivity contribution in [1.29, 1.82) is 0 Å². The maximum atomic E-state index is 5.26. The minimum atomic E-state index is 0.315. The van der Waals surface area contributed by atoms with Crippen LogP contribution < -0.4 is 10.1 Å². The molecule has 0 radical (unpaired) electrons. The number of hydrogen-bond acceptors (Lipinski definition) is 5. The summed E-state index contributed by atoms with van der Waals surface area (Å²) < 4.78 is 6.14. The van der Waals surface area contributed by atoms with Crippen LogP contribution >= 0.6 is 15.9 Å². The number of halogens is 1. The fourth-order valence-electron chi connectivity index (χ4n) is 2.93. The Morgan fingerprint density at radius 3 is 2.43 bits per heavy atom. The van der Waals surface area contributed by atoms with Gasteiger partial charge >= 0.3 is 0 Å². The number of hydrogen-bond donors (Lipinski definition) is 1. The number of anilines is 1. The molecule has 5 nitrogen and oxygen atoms in total. The van der Waals surface area contributed by atoms with Crippen molar-refractivity contribution in [2.45, 2.75) is 18.9 Å². The second-order valence-electron chi connectivity index (χ2n) is 5.64. The van der Waals surface area contributed by atoms with Crippen molar-refractivity contribution in [2.24, 2.45) is 0 Å². The summed E-state index contributed by atoms with van der Waals surface area (Å²) >= 11 is 3.36. The molecule has 1 saturated heterocycles. The Hall–Kier alpha value is -1.66. The normalized spacial score (nSPS) is 16.3. The lowest BCUT2D eigenvalue weighted by atomic mass is 10.1. The van der Waals surface area contributed by atoms with E-state index >= 15 is 0 Å². The highest BCUT2D eigenvalue weighted by atomic mass is 79.9. The maximum absolute atomic E-state index is 5.26. The highest BCUT2D eigenvalue weighted by Gasteiger charge is 2.23. The van der Waals surface area contributed by atoms with E-state index in [1.807, 2.05) is 12.1 Å². The SMILES string of the molecule is COc1ccc(C(CNc2ncc(Br)cn2)N2CCCC2)cc1. The summed E-state index contributed by atoms with van der Waals surface area (Å²) in [5.41, 5.74) is 1.29. The van der Waals surface area contributed by atoms with Crippen molar-refractivity contribution in [3.8, 4) is 5.75 Å². The van der Waals surface area contributed by atoms with Gasteiger partial charge in [0.1, 0.15) is 5.75 Å². The molecule has 6 heteroatoms. The van der Waals surface area contributed by atoms with Gasteiger partial charge in [-0.05, 0) is 59.6 Å². The second-order valence-corrected chi connectivity index (χ2v) is 6.55. The Morgan fingerprint density at radius 1 is 1.17 bits per heavy atom. The van der Waals surface area contributed by atoms with Gasteiger partial charge in [0.25, 0.3) is 0 Å². The minimum Gasteiger partial charge on any atom is -0.497 e. The molecule has 122 valence electrons. The van der Waals surface area contributed by atoms with Gasteiger partial charge in [0.15, 0.2) is 0 Å². The number of nitrogens with zero attached hydrogens (tertiary/aromatic N) is 3. The fourth-order valence-corrected chi connectivity index (χ4v) is 3.13. The highest BCUT2D eigenvalue weighted by Crippen LogP contribution is 2.26. The molecule has 3 rings (SSSR count). The molecular weight excluding hydrogens is 356 g/mol. The third-order valence-corrected chi connectivity index (χ3v) is 4.57. The van der Waals surface area contributed by atoms with Crippen LogP contribution in [0.25, 0.3) is 0 Å². The van der Waals surface area contributed by atoms with E-state index in [1.165, 1.54) is 18.4 Å². The van der Waals surface area contributed by atoms with E-state index in [0.29, 0.717) is 12.0 Å². The first-order chi connectivity index (χ1) is 11.3. The van der Waals surface area contributed by atoms with Crippen LogP contribution in [0.1, 0.15) is 24.4 Å². The van der Waals surface area contributed by atoms with E-state index in [-0.39, 0.29) is 0 Å². The molecule has 0 aliphatic carbocycles. The number of nitrogens with one attached hydrogen (secondary N) is 1. The van der Waals surface area contributed by atoms with Crippen LogP contribution in [0.5, 0.6) is 5.75 Å². The Kier molecular flexibility index (Phi) is 5.46. The smallest absolute Gasteiger partial charge is 0.222 e. The molecule has 2 heterocycles. The first kappa shape index (κ1) is 16.2. The number of benzene rings is 1. The van der Waals surface area contributed by atoms with Gasteiger partial charge in [-0.1, -0.05) is 12.1 Å². The third-order valence-electron chi connectivity index (χ3n) is 4.16. The van der Waals surface area contributed by atoms with Crippen LogP contribution in [0.2, 0.25) is 0 Å². The van der Waals surface area contributed by atoms with Crippen LogP contribution in [-0.4, -0.2) is 41.6 Å². The summed E-state index contributed by atoms with van der Waals surface area (Å²) in [6.45, 7) is 3.06. The van der Waals surface area contributed by atoms with E-state index in [4.69, 9.17) is 4.74 Å². The monoisotopic (exact) mass is 376 g/mol. The van der Waals surface area contributed by atoms with Gasteiger partial charge in [-0.3, -0.25) is 4.90 Å². The average molecular weight is 377 g/mol. The molecule has 1 aliphatic heterocycles. The molecule has 1 atom stereocenters. The predicted molar refractivity (Wildman–Crippen MR) is 94.8 cm³/mol. The van der Waals surface area contributed by atoms with Crippen LogP contribution in [0.4, 0.5) is 5.95 Å². The molecule has 1 unspecified atom stereocenters. The van der Waals surface area contributed by atoms with E-state index in [9.17, 15) is 0 Å². The summed E-state index contributed by atoms with van der Waals surface area (Å²) in [7, 11) is 1.69. The Morgan fingerprint density at radius 2 is 1.83 bits per heavy atom. The zero-order valence-corrected chi connectivity index (χ0v) is 14.8. The minimum absolute atomic E-state index is 0.315. The zero-order valence-electron chi connectivity index (χ0n) is 13.2. The molecule has 1 aromatic heterocycles. The number of rotatable bonds is 6. The molecule has 1 aromatic carbocycles. The largest absolute Gasteiger partial charge is 0.497 e. The van der Waals surface area contributed by atoms with Crippen LogP contribution in [0.3, 0.4) is 0 Å². The van der Waals surface area contributed by atoms with E-state index in [0.717, 1.165) is 29.9 Å². The van der Waals surface area contributed by atoms with Crippen LogP contribution in [-0.2, 0) is 0 Å². The number of methoxy groups -OCH3 is 1. The first-order valence-electron chi connectivity index (χ1n) is 7.85. The van der Waals surface area contributed by atoms with E-state index in [2.05, 4.69) is 48.2 Å². The summed E-state index contributed by atoms with van der Waals surface area (Å²) in [5, 5.41) is 3.36. The second kappa shape index (κ2) is 7.75. The van der Waals surface area contributed by atoms with Gasteiger partial charge in [0.2, 0.25) is 5.95 Å². The molecule has 2 aromatic rings. The lowest BCUT2D eigenvalue weighted by Crippen LogP contribution is -2.31. The average Bonchev–Trinajstić information content (AvgIpc) is 3.12. The molecule has 0 bridgehead atoms. The van der Waals surface area contributed by atoms with Crippen LogP contribution in [0, 0.1) is 0 Å². The number of ether oxygens (including phenoxy) is 1. The lowest BCUT2D eigenvalue weighted by molar-refractivity contribution is 0.255. The molecule has 0 spiro atoms. The molecule has 23 heavy (non-hydrogen) atoms. The Balaban J connectivity index is 1.73. The third kappa shape index (κ3) is 4.20. The van der Waals surface area contributed by atoms with Crippen molar-refractivity contribution in [1.82, 2.24) is 14.9 Å². The predicted octanol–water partition coefficient (Wildman–Crippen LogP) is 3.50. The van der Waals surface area contributed by atoms with Crippen molar-refractivity contribution in [3.63, 3.8) is 0 Å². The molecule has 1 aliphatic rings. The molecule has 1 fully saturated rings. The molecule has 0 saturated carbocycles. The van der Waals surface area contributed by atoms with Crippen molar-refractivity contribution >= 4 is 21.9 Å². The van der Waals surface area contributed by atoms with Gasteiger partial charge in [0.05, 0.1) is 17.6 Å². The maximum Gasteiger partial charge on any atom is 0.222 e. The highest BCUT2D eigenvalue weighted by molar-refractivity contribution is 9.10. The van der Waals surface area contributed by atoms with Crippen molar-refractivity contribution in [3.05, 3.63) is 46.7 Å². The molecule has 1 N–H and O–H groups in total. The van der Waals surface area contributed by atoms with E-state index < -0.39 is 0 Å². The van der Waals surface area contributed by atoms with E-state index in [1.54, 1.807) is 19.5 Å². The standard InChI is InChI=1S/C17H21BrN4O/c1-23-15-6-4-13(5-7-15)16(22-8-2-3-9-22)12-21-17-19-10-14(18)11-20-17/h4-7,10-11,16H,2-3,8-9,12H2,1H3,(H,19,20,21). The fraction of sp³-hybridized carbons (Fsp3) is 0.412. The zero-order chi connectivity index (χ0) is 16.1. The van der Waals surface area contributed by atoms with Gasteiger partial charge in [-0.15, -0.1) is 0 Å². The summed E-state index contributed by atoms with van der Waals surface area (Å²) in [4.78, 5) is 11.1. The van der Waals surface area contributed by atoms with Crippen molar-refractivity contribution < 1.29 is 4.74 Å². The summed E-state index contributed by atoms with van der Waals surface area (Å²) in [6, 6.07) is 8.65. The number of likely N-dealkylation sites (tertiary alicyclic amines) is 1. The quantitative estimate of drug-likeness (QED) is 0.835. The van der Waals surface area contributed by atoms with Gasteiger partial charge in [0, 0.05) is 18.9 Å². The Labute approximate surface area is 145 Å². The lowest BCUT2D eigenvalue weighted by Gasteiger charge is -2.28. The number of aromatic nitrogens is 2. The van der Waals surface area contributed by atoms with Crippen LogP contribution in [0.15, 0.2) is 41.1 Å². The molecule has 0 amide bonds. The topological polar surface area (TPSA) is 50.3 Å².